The van der Waals surface area contributed by atoms with Crippen molar-refractivity contribution >= 4 is 16.9 Å². The van der Waals surface area contributed by atoms with Crippen molar-refractivity contribution in [2.45, 2.75) is 6.92 Å². The monoisotopic (exact) mass is 162 g/mol. The van der Waals surface area contributed by atoms with E-state index in [4.69, 9.17) is 4.52 Å². The Balaban J connectivity index is 2.79. The Morgan fingerprint density at radius 3 is 3.17 bits per heavy atom. The van der Waals surface area contributed by atoms with Gasteiger partial charge in [0.2, 0.25) is 0 Å². The molecule has 0 amide bonds. The van der Waals surface area contributed by atoms with Gasteiger partial charge < -0.3 is 4.52 Å². The molecule has 0 unspecified atom stereocenters. The Morgan fingerprint density at radius 2 is 2.42 bits per heavy atom. The van der Waals surface area contributed by atoms with E-state index in [0.29, 0.717) is 16.8 Å². The van der Waals surface area contributed by atoms with Gasteiger partial charge in [-0.1, -0.05) is 5.16 Å². The molecule has 12 heavy (non-hydrogen) atoms. The van der Waals surface area contributed by atoms with Crippen LogP contribution in [0.2, 0.25) is 0 Å². The van der Waals surface area contributed by atoms with Gasteiger partial charge in [-0.3, -0.25) is 4.79 Å². The number of ketones is 1. The maximum atomic E-state index is 11.0. The van der Waals surface area contributed by atoms with Gasteiger partial charge in [-0.05, 0) is 12.1 Å². The van der Waals surface area contributed by atoms with Crippen molar-refractivity contribution in [2.75, 3.05) is 0 Å². The van der Waals surface area contributed by atoms with Gasteiger partial charge in [0, 0.05) is 13.1 Å². The summed E-state index contributed by atoms with van der Waals surface area (Å²) in [7, 11) is 0. The first-order chi connectivity index (χ1) is 5.79. The van der Waals surface area contributed by atoms with Crippen LogP contribution in [-0.2, 0) is 0 Å². The summed E-state index contributed by atoms with van der Waals surface area (Å²) in [5.74, 6) is -0.109. The highest BCUT2D eigenvalue weighted by molar-refractivity contribution is 6.03. The zero-order chi connectivity index (χ0) is 8.55. The minimum Gasteiger partial charge on any atom is -0.335 e. The minimum absolute atomic E-state index is 0.109. The third-order valence-electron chi connectivity index (χ3n) is 1.58. The summed E-state index contributed by atoms with van der Waals surface area (Å²) in [4.78, 5) is 14.9. The lowest BCUT2D eigenvalue weighted by Gasteiger charge is -1.85. The molecule has 0 bridgehead atoms. The van der Waals surface area contributed by atoms with Crippen LogP contribution in [0.25, 0.3) is 11.1 Å². The molecule has 0 aromatic carbocycles. The van der Waals surface area contributed by atoms with Gasteiger partial charge in [-0.2, -0.15) is 0 Å². The Bertz CT molecular complexity index is 433. The molecule has 4 heteroatoms. The topological polar surface area (TPSA) is 56.0 Å². The summed E-state index contributed by atoms with van der Waals surface area (Å²) >= 11 is 0. The van der Waals surface area contributed by atoms with Crippen molar-refractivity contribution in [1.82, 2.24) is 10.1 Å². The second-order valence-corrected chi connectivity index (χ2v) is 2.44. The summed E-state index contributed by atoms with van der Waals surface area (Å²) in [6.07, 6.45) is 1.59. The lowest BCUT2D eigenvalue weighted by atomic mass is 10.2. The van der Waals surface area contributed by atoms with E-state index in [1.165, 1.54) is 6.92 Å². The highest BCUT2D eigenvalue weighted by Crippen LogP contribution is 2.15. The lowest BCUT2D eigenvalue weighted by molar-refractivity contribution is 0.101. The third-order valence-corrected chi connectivity index (χ3v) is 1.58. The molecule has 0 aliphatic heterocycles. The molecule has 0 aliphatic rings. The first-order valence-corrected chi connectivity index (χ1v) is 3.50. The molecule has 0 saturated carbocycles. The van der Waals surface area contributed by atoms with Crippen LogP contribution in [-0.4, -0.2) is 15.9 Å². The number of hydrogen-bond donors (Lipinski definition) is 0. The molecule has 2 aromatic heterocycles. The molecule has 4 nitrogen and oxygen atoms in total. The number of aromatic nitrogens is 2. The van der Waals surface area contributed by atoms with Crippen molar-refractivity contribution in [3.8, 4) is 0 Å². The first-order valence-electron chi connectivity index (χ1n) is 3.50. The molecule has 2 aromatic rings. The Morgan fingerprint density at radius 1 is 1.58 bits per heavy atom. The summed E-state index contributed by atoms with van der Waals surface area (Å²) in [5.41, 5.74) is 0.751. The standard InChI is InChI=1S/C8H6N2O2/c1-5(11)7-6-3-2-4-9-8(6)12-10-7/h2-4H,1H3. The second-order valence-electron chi connectivity index (χ2n) is 2.44. The summed E-state index contributed by atoms with van der Waals surface area (Å²) in [6.45, 7) is 1.45. The maximum Gasteiger partial charge on any atom is 0.258 e. The van der Waals surface area contributed by atoms with Crippen molar-refractivity contribution in [3.63, 3.8) is 0 Å². The maximum absolute atomic E-state index is 11.0. The molecule has 0 aliphatic carbocycles. The highest BCUT2D eigenvalue weighted by atomic mass is 16.5. The van der Waals surface area contributed by atoms with Gasteiger partial charge in [-0.25, -0.2) is 4.98 Å². The number of rotatable bonds is 1. The van der Waals surface area contributed by atoms with Crippen LogP contribution >= 0.6 is 0 Å². The summed E-state index contributed by atoms with van der Waals surface area (Å²) < 4.78 is 4.83. The fourth-order valence-corrected chi connectivity index (χ4v) is 1.04. The highest BCUT2D eigenvalue weighted by Gasteiger charge is 2.11. The van der Waals surface area contributed by atoms with Crippen molar-refractivity contribution < 1.29 is 9.32 Å². The zero-order valence-electron chi connectivity index (χ0n) is 6.44. The SMILES string of the molecule is CC(=O)c1noc2ncccc12. The number of Topliss-reactive ketones (excluding diaryl/α,β-unsaturated/α-hetero) is 1. The normalized spacial score (nSPS) is 10.4. The van der Waals surface area contributed by atoms with Crippen molar-refractivity contribution in [3.05, 3.63) is 24.0 Å². The molecule has 2 rings (SSSR count). The van der Waals surface area contributed by atoms with Gasteiger partial charge in [0.05, 0.1) is 5.39 Å². The number of nitrogens with zero attached hydrogens (tertiary/aromatic N) is 2. The average Bonchev–Trinajstić information content (AvgIpc) is 2.47. The third kappa shape index (κ3) is 0.887. The Hall–Kier alpha value is -1.71. The van der Waals surface area contributed by atoms with Crippen LogP contribution in [0.4, 0.5) is 0 Å². The van der Waals surface area contributed by atoms with Gasteiger partial charge in [0.25, 0.3) is 5.71 Å². The van der Waals surface area contributed by atoms with Gasteiger partial charge in [-0.15, -0.1) is 0 Å². The molecule has 0 atom stereocenters. The second kappa shape index (κ2) is 2.41. The Kier molecular flexibility index (Phi) is 1.40. The molecule has 0 fully saturated rings. The molecule has 0 N–H and O–H groups in total. The van der Waals surface area contributed by atoms with Crippen LogP contribution in [0, 0.1) is 0 Å². The number of carbonyl (C=O) groups excluding carboxylic acids is 1. The van der Waals surface area contributed by atoms with E-state index in [2.05, 4.69) is 10.1 Å². The predicted molar refractivity (Wildman–Crippen MR) is 41.8 cm³/mol. The van der Waals surface area contributed by atoms with E-state index in [0.717, 1.165) is 0 Å². The van der Waals surface area contributed by atoms with Crippen LogP contribution < -0.4 is 0 Å². The van der Waals surface area contributed by atoms with Crippen molar-refractivity contribution in [2.24, 2.45) is 0 Å². The number of hydrogen-bond acceptors (Lipinski definition) is 4. The van der Waals surface area contributed by atoms with Crippen LogP contribution in [0.3, 0.4) is 0 Å². The lowest BCUT2D eigenvalue weighted by Crippen LogP contribution is -1.91. The molecule has 60 valence electrons. The van der Waals surface area contributed by atoms with Crippen molar-refractivity contribution in [1.29, 1.82) is 0 Å². The zero-order valence-corrected chi connectivity index (χ0v) is 6.44. The number of carbonyl (C=O) groups is 1. The van der Waals surface area contributed by atoms with Gasteiger partial charge in [0.15, 0.2) is 11.5 Å². The predicted octanol–water partition coefficient (Wildman–Crippen LogP) is 1.43. The number of pyridine rings is 1. The fraction of sp³-hybridized carbons (Fsp3) is 0.125. The van der Waals surface area contributed by atoms with E-state index in [-0.39, 0.29) is 5.78 Å². The molecule has 2 heterocycles. The molecular weight excluding hydrogens is 156 g/mol. The van der Waals surface area contributed by atoms with Crippen LogP contribution in [0.1, 0.15) is 17.4 Å². The van der Waals surface area contributed by atoms with Crippen LogP contribution in [0.15, 0.2) is 22.9 Å². The molecule has 0 radical (unpaired) electrons. The molecular formula is C8H6N2O2. The largest absolute Gasteiger partial charge is 0.335 e. The summed E-state index contributed by atoms with van der Waals surface area (Å²) in [5, 5.41) is 4.28. The van der Waals surface area contributed by atoms with Crippen LogP contribution in [0.5, 0.6) is 0 Å². The minimum atomic E-state index is -0.109. The molecule has 0 saturated heterocycles. The number of fused-ring (bicyclic) bond motifs is 1. The first kappa shape index (κ1) is 6.97. The Labute approximate surface area is 68.2 Å². The van der Waals surface area contributed by atoms with E-state index < -0.39 is 0 Å². The fourth-order valence-electron chi connectivity index (χ4n) is 1.04. The van der Waals surface area contributed by atoms with E-state index in [9.17, 15) is 4.79 Å². The smallest absolute Gasteiger partial charge is 0.258 e. The van der Waals surface area contributed by atoms with Gasteiger partial charge in [0.1, 0.15) is 0 Å². The van der Waals surface area contributed by atoms with Gasteiger partial charge >= 0.3 is 0 Å². The average molecular weight is 162 g/mol. The van der Waals surface area contributed by atoms with E-state index in [1.54, 1.807) is 18.3 Å². The quantitative estimate of drug-likeness (QED) is 0.595. The molecule has 0 spiro atoms. The van der Waals surface area contributed by atoms with E-state index in [1.807, 2.05) is 0 Å². The van der Waals surface area contributed by atoms with E-state index >= 15 is 0 Å². The summed E-state index contributed by atoms with van der Waals surface area (Å²) in [6, 6.07) is 3.50.